The molecule has 3 amide bonds. The highest BCUT2D eigenvalue weighted by atomic mass is 19.3. The first-order chi connectivity index (χ1) is 13.3. The lowest BCUT2D eigenvalue weighted by Gasteiger charge is -2.40. The molecule has 1 aromatic carbocycles. The van der Waals surface area contributed by atoms with Crippen molar-refractivity contribution in [2.24, 2.45) is 0 Å². The molecule has 2 atom stereocenters. The highest BCUT2D eigenvalue weighted by molar-refractivity contribution is 6.05. The van der Waals surface area contributed by atoms with Crippen molar-refractivity contribution in [1.29, 1.82) is 0 Å². The van der Waals surface area contributed by atoms with E-state index in [0.717, 1.165) is 0 Å². The Bertz CT molecular complexity index is 919. The van der Waals surface area contributed by atoms with Crippen LogP contribution in [-0.2, 0) is 21.5 Å². The predicted octanol–water partition coefficient (Wildman–Crippen LogP) is 0.706. The number of fused-ring (bicyclic) bond motifs is 4. The highest BCUT2D eigenvalue weighted by Gasteiger charge is 2.61. The van der Waals surface area contributed by atoms with Crippen LogP contribution in [0.1, 0.15) is 40.7 Å². The summed E-state index contributed by atoms with van der Waals surface area (Å²) < 4.78 is 35.4. The van der Waals surface area contributed by atoms with Crippen LogP contribution in [0.2, 0.25) is 0 Å². The van der Waals surface area contributed by atoms with Crippen LogP contribution in [0, 0.1) is 0 Å². The number of hydrogen-bond acceptors (Lipinski definition) is 5. The number of carbonyl (C=O) groups is 3. The molecule has 7 nitrogen and oxygen atoms in total. The number of piperidine rings is 2. The number of amides is 3. The second kappa shape index (κ2) is 5.73. The van der Waals surface area contributed by atoms with E-state index in [0.29, 0.717) is 29.0 Å². The lowest BCUT2D eigenvalue weighted by atomic mass is 9.71. The maximum atomic E-state index is 14.8. The van der Waals surface area contributed by atoms with Crippen LogP contribution in [-0.4, -0.2) is 54.3 Å². The molecule has 2 saturated heterocycles. The molecular weight excluding hydrogens is 372 g/mol. The lowest BCUT2D eigenvalue weighted by molar-refractivity contribution is -0.136. The van der Waals surface area contributed by atoms with E-state index < -0.39 is 29.8 Å². The Hall–Kier alpha value is -2.55. The van der Waals surface area contributed by atoms with Gasteiger partial charge in [0.25, 0.3) is 11.8 Å². The molecule has 0 aromatic heterocycles. The lowest BCUT2D eigenvalue weighted by Crippen LogP contribution is -2.57. The van der Waals surface area contributed by atoms with Crippen LogP contribution in [0.4, 0.5) is 8.78 Å². The van der Waals surface area contributed by atoms with E-state index in [1.54, 1.807) is 12.1 Å². The van der Waals surface area contributed by atoms with Gasteiger partial charge in [-0.15, -0.1) is 0 Å². The fourth-order valence-electron chi connectivity index (χ4n) is 4.84. The first kappa shape index (κ1) is 17.5. The smallest absolute Gasteiger partial charge is 0.273 e. The van der Waals surface area contributed by atoms with E-state index in [1.807, 2.05) is 0 Å². The van der Waals surface area contributed by atoms with E-state index in [1.165, 1.54) is 4.90 Å². The molecule has 5 rings (SSSR count). The summed E-state index contributed by atoms with van der Waals surface area (Å²) in [6.45, 7) is 0.0502. The van der Waals surface area contributed by atoms with Gasteiger partial charge < -0.3 is 15.0 Å². The molecule has 0 radical (unpaired) electrons. The summed E-state index contributed by atoms with van der Waals surface area (Å²) in [5.74, 6) is -3.81. The Kier molecular flexibility index (Phi) is 3.59. The van der Waals surface area contributed by atoms with E-state index >= 15 is 0 Å². The van der Waals surface area contributed by atoms with Gasteiger partial charge in [0.05, 0.1) is 18.5 Å². The topological polar surface area (TPSA) is 87.7 Å². The van der Waals surface area contributed by atoms with Gasteiger partial charge in [0, 0.05) is 23.1 Å². The molecule has 0 saturated carbocycles. The van der Waals surface area contributed by atoms with Gasteiger partial charge in [-0.25, -0.2) is 8.78 Å². The molecule has 1 spiro atoms. The maximum Gasteiger partial charge on any atom is 0.273 e. The number of benzene rings is 1. The molecule has 1 aromatic rings. The number of alkyl halides is 2. The third-order valence-electron chi connectivity index (χ3n) is 6.42. The van der Waals surface area contributed by atoms with Crippen molar-refractivity contribution in [3.05, 3.63) is 28.8 Å². The van der Waals surface area contributed by atoms with Gasteiger partial charge in [0.15, 0.2) is 0 Å². The molecule has 4 heterocycles. The van der Waals surface area contributed by atoms with Gasteiger partial charge in [-0.1, -0.05) is 6.07 Å². The monoisotopic (exact) mass is 391 g/mol. The van der Waals surface area contributed by atoms with Crippen LogP contribution >= 0.6 is 0 Å². The van der Waals surface area contributed by atoms with E-state index in [2.05, 4.69) is 10.6 Å². The number of rotatable bonds is 1. The zero-order valence-electron chi connectivity index (χ0n) is 15.0. The highest BCUT2D eigenvalue weighted by Crippen LogP contribution is 2.53. The van der Waals surface area contributed by atoms with Gasteiger partial charge in [0.1, 0.15) is 18.4 Å². The van der Waals surface area contributed by atoms with Crippen molar-refractivity contribution in [2.75, 3.05) is 19.7 Å². The van der Waals surface area contributed by atoms with Crippen molar-refractivity contribution in [2.45, 2.75) is 43.2 Å². The van der Waals surface area contributed by atoms with Gasteiger partial charge >= 0.3 is 0 Å². The summed E-state index contributed by atoms with van der Waals surface area (Å²) in [4.78, 5) is 37.8. The predicted molar refractivity (Wildman–Crippen MR) is 92.1 cm³/mol. The number of ether oxygens (including phenoxy) is 1. The summed E-state index contributed by atoms with van der Waals surface area (Å²) in [7, 11) is 0. The summed E-state index contributed by atoms with van der Waals surface area (Å²) in [5.41, 5.74) is -0.0277. The maximum absolute atomic E-state index is 14.8. The van der Waals surface area contributed by atoms with Gasteiger partial charge in [-0.2, -0.15) is 0 Å². The Labute approximate surface area is 159 Å². The van der Waals surface area contributed by atoms with Crippen LogP contribution in [0.15, 0.2) is 12.1 Å². The fraction of sp³-hybridized carbons (Fsp3) is 0.526. The quantitative estimate of drug-likeness (QED) is 0.689. The number of imide groups is 1. The van der Waals surface area contributed by atoms with E-state index in [9.17, 15) is 23.2 Å². The zero-order chi connectivity index (χ0) is 19.7. The molecule has 9 heteroatoms. The van der Waals surface area contributed by atoms with Gasteiger partial charge in [-0.05, 0) is 25.5 Å². The third kappa shape index (κ3) is 2.19. The summed E-state index contributed by atoms with van der Waals surface area (Å²) in [6, 6.07) is 2.40. The molecule has 0 aliphatic carbocycles. The zero-order valence-corrected chi connectivity index (χ0v) is 15.0. The molecule has 2 fully saturated rings. The Morgan fingerprint density at radius 1 is 1.21 bits per heavy atom. The van der Waals surface area contributed by atoms with Crippen molar-refractivity contribution in [3.8, 4) is 5.75 Å². The first-order valence-corrected chi connectivity index (χ1v) is 9.36. The van der Waals surface area contributed by atoms with Crippen molar-refractivity contribution in [3.63, 3.8) is 0 Å². The second-order valence-corrected chi connectivity index (χ2v) is 7.87. The Morgan fingerprint density at radius 3 is 2.79 bits per heavy atom. The van der Waals surface area contributed by atoms with Gasteiger partial charge in [0.2, 0.25) is 11.8 Å². The largest absolute Gasteiger partial charge is 0.492 e. The molecule has 148 valence electrons. The molecular formula is C19H19F2N3O4. The number of nitrogens with zero attached hydrogens (tertiary/aromatic N) is 1. The van der Waals surface area contributed by atoms with Crippen molar-refractivity contribution in [1.82, 2.24) is 15.5 Å². The average molecular weight is 391 g/mol. The van der Waals surface area contributed by atoms with Crippen molar-refractivity contribution >= 4 is 17.7 Å². The molecule has 0 bridgehead atoms. The normalized spacial score (nSPS) is 30.9. The minimum absolute atomic E-state index is 0.115. The minimum atomic E-state index is -2.96. The van der Waals surface area contributed by atoms with Crippen LogP contribution in [0.25, 0.3) is 0 Å². The standard InChI is InChI=1S/C19H19F2N3O4/c20-19(21)8-22-6-5-18(19)9-28-15-11-7-24(13-3-4-14(25)23-16(13)26)17(27)10(11)1-2-12(15)18/h1-2,13,22H,3-9H2,(H,23,25,26). The van der Waals surface area contributed by atoms with Crippen molar-refractivity contribution < 1.29 is 27.9 Å². The Balaban J connectivity index is 1.52. The summed E-state index contributed by atoms with van der Waals surface area (Å²) in [5, 5.41) is 4.99. The molecule has 4 aliphatic rings. The first-order valence-electron chi connectivity index (χ1n) is 9.36. The summed E-state index contributed by atoms with van der Waals surface area (Å²) in [6.07, 6.45) is 0.658. The third-order valence-corrected chi connectivity index (χ3v) is 6.42. The average Bonchev–Trinajstić information content (AvgIpc) is 3.18. The fourth-order valence-corrected chi connectivity index (χ4v) is 4.84. The molecule has 4 aliphatic heterocycles. The van der Waals surface area contributed by atoms with Gasteiger partial charge in [-0.3, -0.25) is 19.7 Å². The van der Waals surface area contributed by atoms with Crippen LogP contribution in [0.3, 0.4) is 0 Å². The number of halogens is 2. The molecule has 2 unspecified atom stereocenters. The number of carbonyl (C=O) groups excluding carboxylic acids is 3. The van der Waals surface area contributed by atoms with Crippen LogP contribution in [0.5, 0.6) is 5.75 Å². The number of nitrogens with one attached hydrogen (secondary N) is 2. The van der Waals surface area contributed by atoms with E-state index in [-0.39, 0.29) is 44.2 Å². The van der Waals surface area contributed by atoms with Crippen LogP contribution < -0.4 is 15.4 Å². The van der Waals surface area contributed by atoms with E-state index in [4.69, 9.17) is 4.74 Å². The Morgan fingerprint density at radius 2 is 2.04 bits per heavy atom. The number of hydrogen-bond donors (Lipinski definition) is 2. The second-order valence-electron chi connectivity index (χ2n) is 7.87. The summed E-state index contributed by atoms with van der Waals surface area (Å²) >= 11 is 0. The molecule has 28 heavy (non-hydrogen) atoms. The molecule has 2 N–H and O–H groups in total. The minimum Gasteiger partial charge on any atom is -0.492 e. The SMILES string of the molecule is O=C1CCC(N2Cc3c(ccc4c3OCC43CCNCC3(F)F)C2=O)C(=O)N1.